The molecule has 1 heterocycles. The van der Waals surface area contributed by atoms with Crippen LogP contribution in [0.2, 0.25) is 0 Å². The van der Waals surface area contributed by atoms with Gasteiger partial charge in [0.2, 0.25) is 0 Å². The predicted octanol–water partition coefficient (Wildman–Crippen LogP) is 7.00. The number of hydrogen-bond acceptors (Lipinski definition) is 4. The van der Waals surface area contributed by atoms with E-state index < -0.39 is 5.60 Å². The zero-order chi connectivity index (χ0) is 24.7. The SMILES string of the molecule is CC(C)(C)OC(=O)N(Cc1cc(Br)cc(Br)c1)CC1CCN(C(=O)OCc2ccccc2)CC1. The first kappa shape index (κ1) is 26.5. The lowest BCUT2D eigenvalue weighted by atomic mass is 9.96. The minimum Gasteiger partial charge on any atom is -0.445 e. The molecule has 2 aromatic rings. The Morgan fingerprint density at radius 2 is 1.62 bits per heavy atom. The van der Waals surface area contributed by atoms with Crippen molar-refractivity contribution in [1.82, 2.24) is 9.80 Å². The Hall–Kier alpha value is -2.06. The molecule has 0 aromatic heterocycles. The number of piperidine rings is 1. The summed E-state index contributed by atoms with van der Waals surface area (Å²) in [6.45, 7) is 8.15. The van der Waals surface area contributed by atoms with E-state index in [-0.39, 0.29) is 24.7 Å². The van der Waals surface area contributed by atoms with Crippen LogP contribution in [0.4, 0.5) is 9.59 Å². The van der Waals surface area contributed by atoms with Gasteiger partial charge >= 0.3 is 12.2 Å². The molecule has 8 heteroatoms. The number of ether oxygens (including phenoxy) is 2. The van der Waals surface area contributed by atoms with Crippen molar-refractivity contribution in [3.8, 4) is 0 Å². The number of hydrogen-bond donors (Lipinski definition) is 0. The fraction of sp³-hybridized carbons (Fsp3) is 0.462. The number of carbonyl (C=O) groups excluding carboxylic acids is 2. The lowest BCUT2D eigenvalue weighted by molar-refractivity contribution is 0.0169. The standard InChI is InChI=1S/C26H32Br2N2O4/c1-26(2,3)34-25(32)30(17-21-13-22(27)15-23(28)14-21)16-19-9-11-29(12-10-19)24(31)33-18-20-7-5-4-6-8-20/h4-8,13-15,19H,9-12,16-18H2,1-3H3. The number of nitrogens with zero attached hydrogens (tertiary/aromatic N) is 2. The van der Waals surface area contributed by atoms with Gasteiger partial charge in [0.25, 0.3) is 0 Å². The van der Waals surface area contributed by atoms with E-state index in [1.54, 1.807) is 9.80 Å². The molecule has 1 saturated heterocycles. The summed E-state index contributed by atoms with van der Waals surface area (Å²) < 4.78 is 13.1. The third-order valence-electron chi connectivity index (χ3n) is 5.50. The zero-order valence-electron chi connectivity index (χ0n) is 19.9. The number of halogens is 2. The first-order valence-electron chi connectivity index (χ1n) is 11.5. The first-order valence-corrected chi connectivity index (χ1v) is 13.1. The van der Waals surface area contributed by atoms with Gasteiger partial charge in [-0.25, -0.2) is 9.59 Å². The highest BCUT2D eigenvalue weighted by Crippen LogP contribution is 2.25. The molecule has 34 heavy (non-hydrogen) atoms. The van der Waals surface area contributed by atoms with Crippen LogP contribution in [0.15, 0.2) is 57.5 Å². The summed E-state index contributed by atoms with van der Waals surface area (Å²) in [6, 6.07) is 15.7. The fourth-order valence-electron chi connectivity index (χ4n) is 3.87. The summed E-state index contributed by atoms with van der Waals surface area (Å²) in [7, 11) is 0. The van der Waals surface area contributed by atoms with Crippen LogP contribution in [0.3, 0.4) is 0 Å². The van der Waals surface area contributed by atoms with Gasteiger partial charge in [0, 0.05) is 35.1 Å². The van der Waals surface area contributed by atoms with E-state index >= 15 is 0 Å². The van der Waals surface area contributed by atoms with E-state index in [0.29, 0.717) is 26.2 Å². The molecule has 0 unspecified atom stereocenters. The molecule has 0 atom stereocenters. The second kappa shape index (κ2) is 12.1. The van der Waals surface area contributed by atoms with Crippen molar-refractivity contribution in [2.75, 3.05) is 19.6 Å². The van der Waals surface area contributed by atoms with Crippen molar-refractivity contribution in [2.45, 2.75) is 52.4 Å². The summed E-state index contributed by atoms with van der Waals surface area (Å²) in [4.78, 5) is 29.0. The van der Waals surface area contributed by atoms with Gasteiger partial charge in [-0.3, -0.25) is 0 Å². The molecule has 1 aliphatic rings. The van der Waals surface area contributed by atoms with E-state index in [1.165, 1.54) is 0 Å². The van der Waals surface area contributed by atoms with Crippen molar-refractivity contribution in [1.29, 1.82) is 0 Å². The molecule has 3 rings (SSSR count). The summed E-state index contributed by atoms with van der Waals surface area (Å²) in [5.41, 5.74) is 1.41. The molecule has 1 fully saturated rings. The van der Waals surface area contributed by atoms with Crippen LogP contribution < -0.4 is 0 Å². The molecule has 2 amide bonds. The monoisotopic (exact) mass is 594 g/mol. The minimum atomic E-state index is -0.570. The predicted molar refractivity (Wildman–Crippen MR) is 139 cm³/mol. The van der Waals surface area contributed by atoms with Gasteiger partial charge in [-0.2, -0.15) is 0 Å². The molecule has 0 saturated carbocycles. The van der Waals surface area contributed by atoms with E-state index in [4.69, 9.17) is 9.47 Å². The Bertz CT molecular complexity index is 950. The number of benzene rings is 2. The lowest BCUT2D eigenvalue weighted by Crippen LogP contribution is -2.44. The van der Waals surface area contributed by atoms with Gasteiger partial charge in [-0.15, -0.1) is 0 Å². The maximum absolute atomic E-state index is 13.0. The van der Waals surface area contributed by atoms with E-state index in [0.717, 1.165) is 32.9 Å². The minimum absolute atomic E-state index is 0.272. The van der Waals surface area contributed by atoms with Crippen molar-refractivity contribution < 1.29 is 19.1 Å². The Morgan fingerprint density at radius 3 is 2.21 bits per heavy atom. The van der Waals surface area contributed by atoms with Gasteiger partial charge in [-0.05, 0) is 68.9 Å². The number of amides is 2. The van der Waals surface area contributed by atoms with E-state index in [2.05, 4.69) is 31.9 Å². The molecule has 2 aromatic carbocycles. The topological polar surface area (TPSA) is 59.1 Å². The molecule has 0 bridgehead atoms. The lowest BCUT2D eigenvalue weighted by Gasteiger charge is -2.35. The quantitative estimate of drug-likeness (QED) is 0.361. The van der Waals surface area contributed by atoms with Crippen LogP contribution in [-0.2, 0) is 22.6 Å². The molecular formula is C26H32Br2N2O4. The Kier molecular flexibility index (Phi) is 9.42. The maximum atomic E-state index is 13.0. The van der Waals surface area contributed by atoms with Gasteiger partial charge in [-0.1, -0.05) is 62.2 Å². The molecule has 0 radical (unpaired) electrons. The molecule has 0 aliphatic carbocycles. The van der Waals surface area contributed by atoms with Gasteiger partial charge < -0.3 is 19.3 Å². The molecule has 6 nitrogen and oxygen atoms in total. The van der Waals surface area contributed by atoms with E-state index in [1.807, 2.05) is 69.3 Å². The van der Waals surface area contributed by atoms with Crippen molar-refractivity contribution in [3.63, 3.8) is 0 Å². The van der Waals surface area contributed by atoms with Crippen LogP contribution in [0, 0.1) is 5.92 Å². The normalized spacial score (nSPS) is 14.6. The van der Waals surface area contributed by atoms with Gasteiger partial charge in [0.15, 0.2) is 0 Å². The number of likely N-dealkylation sites (tertiary alicyclic amines) is 1. The molecular weight excluding hydrogens is 564 g/mol. The fourth-order valence-corrected chi connectivity index (χ4v) is 5.26. The van der Waals surface area contributed by atoms with Crippen LogP contribution in [-0.4, -0.2) is 47.2 Å². The van der Waals surface area contributed by atoms with Crippen molar-refractivity contribution >= 4 is 44.0 Å². The largest absolute Gasteiger partial charge is 0.445 e. The van der Waals surface area contributed by atoms with Crippen molar-refractivity contribution in [3.05, 3.63) is 68.6 Å². The molecule has 0 N–H and O–H groups in total. The Balaban J connectivity index is 1.57. The highest BCUT2D eigenvalue weighted by Gasteiger charge is 2.29. The molecule has 184 valence electrons. The average Bonchev–Trinajstić information content (AvgIpc) is 2.76. The first-order chi connectivity index (χ1) is 16.1. The highest BCUT2D eigenvalue weighted by molar-refractivity contribution is 9.11. The summed E-state index contributed by atoms with van der Waals surface area (Å²) in [5.74, 6) is 0.279. The second-order valence-electron chi connectivity index (χ2n) is 9.61. The second-order valence-corrected chi connectivity index (χ2v) is 11.4. The zero-order valence-corrected chi connectivity index (χ0v) is 23.1. The Labute approximate surface area is 218 Å². The van der Waals surface area contributed by atoms with Crippen LogP contribution in [0.5, 0.6) is 0 Å². The van der Waals surface area contributed by atoms with E-state index in [9.17, 15) is 9.59 Å². The van der Waals surface area contributed by atoms with Gasteiger partial charge in [0.1, 0.15) is 12.2 Å². The number of rotatable bonds is 6. The Morgan fingerprint density at radius 1 is 1.00 bits per heavy atom. The van der Waals surface area contributed by atoms with Gasteiger partial charge in [0.05, 0.1) is 0 Å². The maximum Gasteiger partial charge on any atom is 0.410 e. The van der Waals surface area contributed by atoms with Crippen LogP contribution in [0.1, 0.15) is 44.7 Å². The summed E-state index contributed by atoms with van der Waals surface area (Å²) >= 11 is 7.04. The smallest absolute Gasteiger partial charge is 0.410 e. The third-order valence-corrected chi connectivity index (χ3v) is 6.42. The average molecular weight is 596 g/mol. The summed E-state index contributed by atoms with van der Waals surface area (Å²) in [6.07, 6.45) is 1.00. The summed E-state index contributed by atoms with van der Waals surface area (Å²) in [5, 5.41) is 0. The highest BCUT2D eigenvalue weighted by atomic mass is 79.9. The van der Waals surface area contributed by atoms with Crippen LogP contribution >= 0.6 is 31.9 Å². The molecule has 0 spiro atoms. The third kappa shape index (κ3) is 8.62. The number of carbonyl (C=O) groups is 2. The van der Waals surface area contributed by atoms with Crippen molar-refractivity contribution in [2.24, 2.45) is 5.92 Å². The van der Waals surface area contributed by atoms with Crippen LogP contribution in [0.25, 0.3) is 0 Å². The molecule has 1 aliphatic heterocycles.